The summed E-state index contributed by atoms with van der Waals surface area (Å²) in [4.78, 5) is 29.1. The zero-order valence-corrected chi connectivity index (χ0v) is 17.3. The molecule has 0 radical (unpaired) electrons. The SMILES string of the molecule is CCNc1nc(NC(=O)c2ccc(C(F)(F)F)cc2)n[c]([SnH]([CH3])[CH3])n1. The van der Waals surface area contributed by atoms with Crippen molar-refractivity contribution < 1.29 is 18.0 Å². The van der Waals surface area contributed by atoms with Crippen LogP contribution in [0.5, 0.6) is 0 Å². The van der Waals surface area contributed by atoms with E-state index < -0.39 is 37.4 Å². The molecule has 25 heavy (non-hydrogen) atoms. The number of amides is 1. The molecule has 6 nitrogen and oxygen atoms in total. The zero-order valence-electron chi connectivity index (χ0n) is 14.0. The third-order valence-corrected chi connectivity index (χ3v) is 6.89. The molecule has 1 amide bonds. The molecule has 0 aliphatic rings. The van der Waals surface area contributed by atoms with Crippen molar-refractivity contribution >= 4 is 41.4 Å². The van der Waals surface area contributed by atoms with Gasteiger partial charge in [0.2, 0.25) is 0 Å². The van der Waals surface area contributed by atoms with Crippen LogP contribution in [0.15, 0.2) is 24.3 Å². The van der Waals surface area contributed by atoms with Crippen LogP contribution in [0.25, 0.3) is 0 Å². The number of hydrogen-bond acceptors (Lipinski definition) is 5. The van der Waals surface area contributed by atoms with Crippen molar-refractivity contribution in [1.29, 1.82) is 0 Å². The summed E-state index contributed by atoms with van der Waals surface area (Å²) < 4.78 is 38.4. The molecular formula is C15H18F3N5OSn. The van der Waals surface area contributed by atoms with Crippen molar-refractivity contribution in [3.63, 3.8) is 0 Å². The van der Waals surface area contributed by atoms with Crippen molar-refractivity contribution in [2.45, 2.75) is 23.0 Å². The summed E-state index contributed by atoms with van der Waals surface area (Å²) in [7, 11) is 0. The summed E-state index contributed by atoms with van der Waals surface area (Å²) in [5.41, 5.74) is -0.720. The topological polar surface area (TPSA) is 79.8 Å². The number of nitrogens with one attached hydrogen (secondary N) is 2. The molecule has 0 saturated carbocycles. The van der Waals surface area contributed by atoms with Gasteiger partial charge in [-0.05, 0) is 0 Å². The molecule has 1 heterocycles. The second-order valence-corrected chi connectivity index (χ2v) is 13.6. The van der Waals surface area contributed by atoms with Crippen molar-refractivity contribution in [3.8, 4) is 0 Å². The number of hydrogen-bond donors (Lipinski definition) is 2. The van der Waals surface area contributed by atoms with Gasteiger partial charge in [-0.2, -0.15) is 0 Å². The quantitative estimate of drug-likeness (QED) is 0.670. The van der Waals surface area contributed by atoms with Crippen molar-refractivity contribution in [2.24, 2.45) is 0 Å². The van der Waals surface area contributed by atoms with E-state index in [9.17, 15) is 18.0 Å². The van der Waals surface area contributed by atoms with Crippen LogP contribution in [0.3, 0.4) is 0 Å². The summed E-state index contributed by atoms with van der Waals surface area (Å²) in [6.45, 7) is 2.51. The van der Waals surface area contributed by atoms with E-state index in [0.29, 0.717) is 16.3 Å². The number of nitrogens with zero attached hydrogens (tertiary/aromatic N) is 3. The standard InChI is InChI=1S/C13H11F3N5O.2CH3.Sn.H/c1-2-17-11-18-7-19-12(21-11)20-10(22)8-3-5-9(6-4-8)13(14,15)16;;;;/h3-6H,2H2,1H3,(H2,17,18,19,20,21,22);2*1H3;;. The fraction of sp³-hybridized carbons (Fsp3) is 0.333. The zero-order chi connectivity index (χ0) is 18.6. The maximum absolute atomic E-state index is 12.6. The van der Waals surface area contributed by atoms with Gasteiger partial charge < -0.3 is 0 Å². The van der Waals surface area contributed by atoms with Crippen LogP contribution >= 0.6 is 0 Å². The number of rotatable bonds is 5. The van der Waals surface area contributed by atoms with Crippen LogP contribution in [-0.4, -0.2) is 47.2 Å². The number of anilines is 2. The van der Waals surface area contributed by atoms with Crippen molar-refractivity contribution in [1.82, 2.24) is 15.0 Å². The fourth-order valence-electron chi connectivity index (χ4n) is 1.93. The Morgan fingerprint density at radius 2 is 1.68 bits per heavy atom. The Morgan fingerprint density at radius 1 is 1.08 bits per heavy atom. The van der Waals surface area contributed by atoms with Gasteiger partial charge in [-0.3, -0.25) is 0 Å². The molecule has 0 spiro atoms. The molecule has 2 N–H and O–H groups in total. The molecular weight excluding hydrogens is 442 g/mol. The summed E-state index contributed by atoms with van der Waals surface area (Å²) in [5.74, 6) is -0.107. The van der Waals surface area contributed by atoms with E-state index in [1.54, 1.807) is 0 Å². The average Bonchev–Trinajstić information content (AvgIpc) is 2.54. The second kappa shape index (κ2) is 7.98. The van der Waals surface area contributed by atoms with Gasteiger partial charge >= 0.3 is 150 Å². The van der Waals surface area contributed by atoms with Crippen LogP contribution < -0.4 is 14.5 Å². The Bertz CT molecular complexity index is 750. The average molecular weight is 460 g/mol. The number of halogens is 3. The molecule has 0 unspecified atom stereocenters. The Morgan fingerprint density at radius 3 is 2.20 bits per heavy atom. The number of aromatic nitrogens is 3. The molecule has 0 fully saturated rings. The van der Waals surface area contributed by atoms with Crippen LogP contribution in [0.1, 0.15) is 22.8 Å². The molecule has 1 aromatic heterocycles. The van der Waals surface area contributed by atoms with E-state index in [1.807, 2.05) is 6.92 Å². The molecule has 134 valence electrons. The first kappa shape index (κ1) is 19.4. The minimum atomic E-state index is -4.44. The van der Waals surface area contributed by atoms with E-state index >= 15 is 0 Å². The van der Waals surface area contributed by atoms with Gasteiger partial charge in [-0.25, -0.2) is 0 Å². The first-order valence-electron chi connectivity index (χ1n) is 7.69. The first-order valence-corrected chi connectivity index (χ1v) is 15.9. The number of alkyl halides is 3. The predicted octanol–water partition coefficient (Wildman–Crippen LogP) is 2.27. The Kier molecular flexibility index (Phi) is 6.20. The summed E-state index contributed by atoms with van der Waals surface area (Å²) in [6.07, 6.45) is -4.44. The fourth-order valence-corrected chi connectivity index (χ4v) is 4.10. The second-order valence-electron chi connectivity index (χ2n) is 5.56. The molecule has 2 aromatic rings. The van der Waals surface area contributed by atoms with Gasteiger partial charge in [0.25, 0.3) is 0 Å². The van der Waals surface area contributed by atoms with Gasteiger partial charge in [0.15, 0.2) is 0 Å². The molecule has 0 atom stereocenters. The molecule has 0 aliphatic carbocycles. The Balaban J connectivity index is 2.22. The number of carbonyl (C=O) groups excluding carboxylic acids is 1. The summed E-state index contributed by atoms with van der Waals surface area (Å²) in [6, 6.07) is 3.96. The Labute approximate surface area is 150 Å². The molecule has 0 bridgehead atoms. The van der Waals surface area contributed by atoms with Gasteiger partial charge in [-0.1, -0.05) is 0 Å². The van der Waals surface area contributed by atoms with Crippen molar-refractivity contribution in [3.05, 3.63) is 35.4 Å². The normalized spacial score (nSPS) is 11.5. The van der Waals surface area contributed by atoms with E-state index in [4.69, 9.17) is 0 Å². The summed E-state index contributed by atoms with van der Waals surface area (Å²) in [5, 5.41) is 5.50. The van der Waals surface area contributed by atoms with E-state index in [1.165, 1.54) is 0 Å². The Hall–Kier alpha value is -1.91. The molecule has 0 aliphatic heterocycles. The van der Waals surface area contributed by atoms with Gasteiger partial charge in [-0.15, -0.1) is 0 Å². The maximum atomic E-state index is 12.6. The minimum absolute atomic E-state index is 0.0908. The summed E-state index contributed by atoms with van der Waals surface area (Å²) >= 11 is -2.02. The van der Waals surface area contributed by atoms with Crippen LogP contribution in [0.2, 0.25) is 9.88 Å². The first-order chi connectivity index (χ1) is 11.7. The molecule has 2 rings (SSSR count). The van der Waals surface area contributed by atoms with Crippen LogP contribution in [0.4, 0.5) is 25.1 Å². The van der Waals surface area contributed by atoms with Gasteiger partial charge in [0.05, 0.1) is 0 Å². The predicted molar refractivity (Wildman–Crippen MR) is 91.9 cm³/mol. The van der Waals surface area contributed by atoms with Crippen LogP contribution in [0, 0.1) is 0 Å². The van der Waals surface area contributed by atoms with Gasteiger partial charge in [0.1, 0.15) is 0 Å². The third kappa shape index (κ3) is 5.28. The van der Waals surface area contributed by atoms with Gasteiger partial charge in [0, 0.05) is 0 Å². The van der Waals surface area contributed by atoms with Crippen molar-refractivity contribution in [2.75, 3.05) is 17.2 Å². The number of benzene rings is 1. The molecule has 0 saturated heterocycles. The monoisotopic (exact) mass is 461 g/mol. The van der Waals surface area contributed by atoms with E-state index in [-0.39, 0.29) is 11.5 Å². The molecule has 10 heteroatoms. The van der Waals surface area contributed by atoms with E-state index in [2.05, 4.69) is 35.5 Å². The number of carbonyl (C=O) groups is 1. The third-order valence-electron chi connectivity index (χ3n) is 3.20. The molecule has 1 aromatic carbocycles. The van der Waals surface area contributed by atoms with E-state index in [0.717, 1.165) is 24.3 Å². The van der Waals surface area contributed by atoms with Crippen LogP contribution in [-0.2, 0) is 6.18 Å².